The van der Waals surface area contributed by atoms with Gasteiger partial charge in [-0.3, -0.25) is 28.8 Å². The van der Waals surface area contributed by atoms with Gasteiger partial charge in [-0.05, 0) is 36.8 Å². The van der Waals surface area contributed by atoms with E-state index >= 15 is 0 Å². The van der Waals surface area contributed by atoms with Crippen LogP contribution in [0.25, 0.3) is 0 Å². The van der Waals surface area contributed by atoms with Crippen molar-refractivity contribution in [1.82, 2.24) is 20.9 Å². The summed E-state index contributed by atoms with van der Waals surface area (Å²) in [5.74, 6) is -2.08. The summed E-state index contributed by atoms with van der Waals surface area (Å²) in [5, 5.41) is 11.5. The second-order valence-electron chi connectivity index (χ2n) is 13.1. The van der Waals surface area contributed by atoms with Crippen LogP contribution in [-0.2, 0) is 25.6 Å². The van der Waals surface area contributed by atoms with Crippen LogP contribution in [0.1, 0.15) is 76.9 Å². The van der Waals surface area contributed by atoms with Gasteiger partial charge >= 0.3 is 0 Å². The van der Waals surface area contributed by atoms with Gasteiger partial charge < -0.3 is 31.9 Å². The van der Waals surface area contributed by atoms with Crippen LogP contribution in [0.15, 0.2) is 72.8 Å². The van der Waals surface area contributed by atoms with Gasteiger partial charge in [0.15, 0.2) is 11.6 Å². The fourth-order valence-corrected chi connectivity index (χ4v) is 6.53. The van der Waals surface area contributed by atoms with Crippen molar-refractivity contribution in [3.8, 4) is 0 Å². The topological polar surface area (TPSA) is 180 Å². The number of fused-ring (bicyclic) bond motifs is 2. The predicted molar refractivity (Wildman–Crippen MR) is 193 cm³/mol. The first-order chi connectivity index (χ1) is 24.6. The Bertz CT molecular complexity index is 1780. The van der Waals surface area contributed by atoms with Gasteiger partial charge in [0.2, 0.25) is 23.6 Å². The summed E-state index contributed by atoms with van der Waals surface area (Å²) in [5.41, 5.74) is 8.87. The van der Waals surface area contributed by atoms with E-state index in [1.807, 2.05) is 44.2 Å². The normalized spacial score (nSPS) is 16.7. The van der Waals surface area contributed by atoms with Crippen molar-refractivity contribution >= 4 is 40.9 Å². The number of amides is 4. The molecule has 3 aromatic carbocycles. The zero-order valence-corrected chi connectivity index (χ0v) is 29.1. The van der Waals surface area contributed by atoms with Crippen LogP contribution in [0.5, 0.6) is 0 Å². The SMILES string of the molecule is CCC(C)[C@H](N)C(=O)NCC(=O)N[C@@H](Cc1ccccc1)C(=O)N1CCC[C@H]1C(=O)NCCCNc1cccc2c1C(=O)c1ccccc1C2=O. The summed E-state index contributed by atoms with van der Waals surface area (Å²) < 4.78 is 0. The minimum atomic E-state index is -0.948. The lowest BCUT2D eigenvalue weighted by Gasteiger charge is -2.29. The van der Waals surface area contributed by atoms with Gasteiger partial charge in [0.05, 0.1) is 18.2 Å². The lowest BCUT2D eigenvalue weighted by Crippen LogP contribution is -2.56. The van der Waals surface area contributed by atoms with Crippen LogP contribution < -0.4 is 27.0 Å². The third-order valence-corrected chi connectivity index (χ3v) is 9.66. The molecule has 0 bridgehead atoms. The molecule has 0 aromatic heterocycles. The van der Waals surface area contributed by atoms with Crippen molar-refractivity contribution in [3.63, 3.8) is 0 Å². The van der Waals surface area contributed by atoms with E-state index in [0.29, 0.717) is 73.3 Å². The number of ketones is 2. The van der Waals surface area contributed by atoms with E-state index in [0.717, 1.165) is 5.56 Å². The van der Waals surface area contributed by atoms with E-state index in [9.17, 15) is 28.8 Å². The molecule has 1 aliphatic carbocycles. The smallest absolute Gasteiger partial charge is 0.246 e. The van der Waals surface area contributed by atoms with Gasteiger partial charge in [0.1, 0.15) is 12.1 Å². The highest BCUT2D eigenvalue weighted by molar-refractivity contribution is 6.30. The van der Waals surface area contributed by atoms with Crippen LogP contribution in [0.4, 0.5) is 5.69 Å². The molecular weight excluding hydrogens is 648 g/mol. The van der Waals surface area contributed by atoms with E-state index in [4.69, 9.17) is 5.73 Å². The van der Waals surface area contributed by atoms with Crippen molar-refractivity contribution in [1.29, 1.82) is 0 Å². The monoisotopic (exact) mass is 694 g/mol. The Morgan fingerprint density at radius 2 is 1.55 bits per heavy atom. The van der Waals surface area contributed by atoms with Crippen LogP contribution >= 0.6 is 0 Å². The number of hydrogen-bond acceptors (Lipinski definition) is 8. The maximum absolute atomic E-state index is 13.9. The molecule has 4 amide bonds. The first-order valence-corrected chi connectivity index (χ1v) is 17.6. The fraction of sp³-hybridized carbons (Fsp3) is 0.385. The highest BCUT2D eigenvalue weighted by Gasteiger charge is 2.38. The van der Waals surface area contributed by atoms with Gasteiger partial charge in [0.25, 0.3) is 0 Å². The third-order valence-electron chi connectivity index (χ3n) is 9.66. The highest BCUT2D eigenvalue weighted by Crippen LogP contribution is 2.32. The lowest BCUT2D eigenvalue weighted by atomic mass is 9.83. The average molecular weight is 695 g/mol. The van der Waals surface area contributed by atoms with Crippen LogP contribution in [0.3, 0.4) is 0 Å². The Labute approximate surface area is 297 Å². The van der Waals surface area contributed by atoms with Crippen molar-refractivity contribution in [2.24, 2.45) is 11.7 Å². The molecule has 3 aromatic rings. The van der Waals surface area contributed by atoms with E-state index in [-0.39, 0.29) is 42.3 Å². The third kappa shape index (κ3) is 8.69. The number of nitrogens with one attached hydrogen (secondary N) is 4. The Kier molecular flexibility index (Phi) is 12.3. The molecule has 1 unspecified atom stereocenters. The standard InChI is InChI=1S/C39H46N6O6/c1-3-24(2)34(40)38(50)43-23-32(46)44-30(22-25-12-5-4-6-13-25)39(51)45-21-10-18-31(45)37(49)42-20-11-19-41-29-17-9-16-28-33(29)36(48)27-15-8-7-14-26(27)35(28)47/h4-9,12-17,24,30-31,34,41H,3,10-11,18-23,40H2,1-2H3,(H,42,49)(H,43,50)(H,44,46)/t24?,30-,31-,34-/m0/s1. The summed E-state index contributed by atoms with van der Waals surface area (Å²) in [6, 6.07) is 18.8. The van der Waals surface area contributed by atoms with Crippen molar-refractivity contribution in [2.45, 2.75) is 64.1 Å². The van der Waals surface area contributed by atoms with Gasteiger partial charge in [0, 0.05) is 48.4 Å². The van der Waals surface area contributed by atoms with E-state index in [1.165, 1.54) is 4.90 Å². The molecule has 12 heteroatoms. The van der Waals surface area contributed by atoms with Crippen molar-refractivity contribution < 1.29 is 28.8 Å². The molecule has 5 rings (SSSR count). The molecule has 1 heterocycles. The number of nitrogens with zero attached hydrogens (tertiary/aromatic N) is 1. The molecule has 268 valence electrons. The molecule has 1 saturated heterocycles. The summed E-state index contributed by atoms with van der Waals surface area (Å²) >= 11 is 0. The zero-order valence-electron chi connectivity index (χ0n) is 29.1. The van der Waals surface area contributed by atoms with E-state index < -0.39 is 29.9 Å². The van der Waals surface area contributed by atoms with Crippen LogP contribution in [-0.4, -0.2) is 84.4 Å². The number of anilines is 1. The van der Waals surface area contributed by atoms with Crippen LogP contribution in [0, 0.1) is 5.92 Å². The molecule has 0 spiro atoms. The number of carbonyl (C=O) groups excluding carboxylic acids is 6. The Morgan fingerprint density at radius 1 is 0.863 bits per heavy atom. The quantitative estimate of drug-likeness (QED) is 0.118. The Balaban J connectivity index is 1.16. The largest absolute Gasteiger partial charge is 0.384 e. The van der Waals surface area contributed by atoms with Crippen molar-refractivity contribution in [3.05, 3.63) is 101 Å². The number of benzene rings is 3. The van der Waals surface area contributed by atoms with Crippen molar-refractivity contribution in [2.75, 3.05) is 31.5 Å². The first-order valence-electron chi connectivity index (χ1n) is 17.6. The molecular formula is C39H46N6O6. The molecule has 51 heavy (non-hydrogen) atoms. The van der Waals surface area contributed by atoms with Gasteiger partial charge in [-0.25, -0.2) is 0 Å². The summed E-state index contributed by atoms with van der Waals surface area (Å²) in [4.78, 5) is 80.5. The molecule has 4 atom stereocenters. The summed E-state index contributed by atoms with van der Waals surface area (Å²) in [7, 11) is 0. The molecule has 1 aliphatic heterocycles. The second kappa shape index (κ2) is 17.0. The zero-order chi connectivity index (χ0) is 36.5. The minimum Gasteiger partial charge on any atom is -0.384 e. The Morgan fingerprint density at radius 3 is 2.27 bits per heavy atom. The number of hydrogen-bond donors (Lipinski definition) is 5. The second-order valence-corrected chi connectivity index (χ2v) is 13.1. The predicted octanol–water partition coefficient (Wildman–Crippen LogP) is 2.59. The molecule has 6 N–H and O–H groups in total. The average Bonchev–Trinajstić information content (AvgIpc) is 3.65. The minimum absolute atomic E-state index is 0.0551. The van der Waals surface area contributed by atoms with Gasteiger partial charge in [-0.15, -0.1) is 0 Å². The number of likely N-dealkylation sites (tertiary alicyclic amines) is 1. The fourth-order valence-electron chi connectivity index (χ4n) is 6.53. The molecule has 0 saturated carbocycles. The Hall–Kier alpha value is -5.36. The molecule has 0 radical (unpaired) electrons. The van der Waals surface area contributed by atoms with Gasteiger partial charge in [-0.1, -0.05) is 87.0 Å². The molecule has 12 nitrogen and oxygen atoms in total. The maximum atomic E-state index is 13.9. The number of nitrogens with two attached hydrogens (primary N) is 1. The maximum Gasteiger partial charge on any atom is 0.246 e. The van der Waals surface area contributed by atoms with E-state index in [2.05, 4.69) is 21.3 Å². The molecule has 1 fully saturated rings. The summed E-state index contributed by atoms with van der Waals surface area (Å²) in [6.45, 7) is 4.58. The number of carbonyl (C=O) groups is 6. The number of rotatable bonds is 15. The summed E-state index contributed by atoms with van der Waals surface area (Å²) in [6.07, 6.45) is 2.57. The molecule has 2 aliphatic rings. The lowest BCUT2D eigenvalue weighted by molar-refractivity contribution is -0.141. The van der Waals surface area contributed by atoms with E-state index in [1.54, 1.807) is 42.5 Å². The van der Waals surface area contributed by atoms with Gasteiger partial charge in [-0.2, -0.15) is 0 Å². The van der Waals surface area contributed by atoms with Crippen LogP contribution in [0.2, 0.25) is 0 Å². The highest BCUT2D eigenvalue weighted by atomic mass is 16.2. The first kappa shape index (κ1) is 36.9.